The molecule has 1 heterocycles. The van der Waals surface area contributed by atoms with Gasteiger partial charge in [-0.3, -0.25) is 9.80 Å². The lowest BCUT2D eigenvalue weighted by Gasteiger charge is -2.37. The van der Waals surface area contributed by atoms with Crippen molar-refractivity contribution >= 4 is 0 Å². The summed E-state index contributed by atoms with van der Waals surface area (Å²) in [5.74, 6) is 0. The second-order valence-electron chi connectivity index (χ2n) is 5.46. The molecule has 0 saturated carbocycles. The van der Waals surface area contributed by atoms with Gasteiger partial charge in [0.05, 0.1) is 13.2 Å². The van der Waals surface area contributed by atoms with Gasteiger partial charge in [0, 0.05) is 51.9 Å². The molecule has 1 unspecified atom stereocenters. The number of hydrogen-bond donors (Lipinski definition) is 3. The maximum Gasteiger partial charge on any atom is 0.0558 e. The molecule has 118 valence electrons. The van der Waals surface area contributed by atoms with Crippen LogP contribution in [0.1, 0.15) is 11.6 Å². The molecule has 1 aliphatic heterocycles. The van der Waals surface area contributed by atoms with Crippen molar-refractivity contribution in [2.24, 2.45) is 0 Å². The molecule has 5 heteroatoms. The predicted molar refractivity (Wildman–Crippen MR) is 84.2 cm³/mol. The lowest BCUT2D eigenvalue weighted by atomic mass is 10.0. The van der Waals surface area contributed by atoms with E-state index in [1.165, 1.54) is 5.56 Å². The van der Waals surface area contributed by atoms with Crippen LogP contribution in [0.2, 0.25) is 0 Å². The first-order valence-electron chi connectivity index (χ1n) is 7.79. The third-order valence-electron chi connectivity index (χ3n) is 4.04. The summed E-state index contributed by atoms with van der Waals surface area (Å²) in [6.07, 6.45) is 0. The van der Waals surface area contributed by atoms with Gasteiger partial charge in [-0.2, -0.15) is 0 Å². The fourth-order valence-corrected chi connectivity index (χ4v) is 2.93. The van der Waals surface area contributed by atoms with E-state index in [1.54, 1.807) is 0 Å². The average molecular weight is 293 g/mol. The lowest BCUT2D eigenvalue weighted by molar-refractivity contribution is 0.0904. The molecule has 1 aliphatic rings. The number of aliphatic hydroxyl groups is 2. The number of nitrogens with one attached hydrogen (secondary N) is 1. The van der Waals surface area contributed by atoms with Crippen LogP contribution in [0.25, 0.3) is 0 Å². The van der Waals surface area contributed by atoms with E-state index < -0.39 is 0 Å². The van der Waals surface area contributed by atoms with Crippen LogP contribution in [-0.2, 0) is 0 Å². The number of rotatable bonds is 8. The number of aliphatic hydroxyl groups excluding tert-OH is 2. The van der Waals surface area contributed by atoms with Crippen molar-refractivity contribution in [1.29, 1.82) is 0 Å². The number of nitrogens with zero attached hydrogens (tertiary/aromatic N) is 2. The highest BCUT2D eigenvalue weighted by Crippen LogP contribution is 2.21. The van der Waals surface area contributed by atoms with E-state index in [4.69, 9.17) is 0 Å². The van der Waals surface area contributed by atoms with Crippen molar-refractivity contribution in [3.05, 3.63) is 35.9 Å². The molecule has 1 atom stereocenters. The van der Waals surface area contributed by atoms with Crippen molar-refractivity contribution in [3.63, 3.8) is 0 Å². The third kappa shape index (κ3) is 5.05. The largest absolute Gasteiger partial charge is 0.395 e. The summed E-state index contributed by atoms with van der Waals surface area (Å²) < 4.78 is 0. The van der Waals surface area contributed by atoms with Gasteiger partial charge in [0.15, 0.2) is 0 Å². The van der Waals surface area contributed by atoms with Gasteiger partial charge in [-0.1, -0.05) is 30.3 Å². The highest BCUT2D eigenvalue weighted by Gasteiger charge is 2.23. The highest BCUT2D eigenvalue weighted by atomic mass is 16.3. The molecule has 0 radical (unpaired) electrons. The van der Waals surface area contributed by atoms with Crippen LogP contribution in [0.5, 0.6) is 0 Å². The summed E-state index contributed by atoms with van der Waals surface area (Å²) in [5.41, 5.74) is 1.25. The zero-order valence-corrected chi connectivity index (χ0v) is 12.6. The van der Waals surface area contributed by atoms with Gasteiger partial charge in [0.2, 0.25) is 0 Å². The fraction of sp³-hybridized carbons (Fsp3) is 0.625. The van der Waals surface area contributed by atoms with Gasteiger partial charge in [-0.05, 0) is 5.56 Å². The van der Waals surface area contributed by atoms with E-state index in [0.29, 0.717) is 13.1 Å². The minimum Gasteiger partial charge on any atom is -0.395 e. The topological polar surface area (TPSA) is 59.0 Å². The zero-order chi connectivity index (χ0) is 14.9. The van der Waals surface area contributed by atoms with Gasteiger partial charge in [0.1, 0.15) is 0 Å². The Morgan fingerprint density at radius 3 is 2.24 bits per heavy atom. The van der Waals surface area contributed by atoms with Crippen LogP contribution >= 0.6 is 0 Å². The second kappa shape index (κ2) is 9.12. The Kier molecular flexibility index (Phi) is 7.12. The molecule has 1 aromatic carbocycles. The Morgan fingerprint density at radius 2 is 1.67 bits per heavy atom. The van der Waals surface area contributed by atoms with E-state index in [2.05, 4.69) is 39.4 Å². The standard InChI is InChI=1S/C16H27N3O2/c20-12-10-19(11-13-21)16(15-4-2-1-3-5-15)14-18-8-6-17-7-9-18/h1-5,16-17,20-21H,6-14H2. The molecule has 0 amide bonds. The Hall–Kier alpha value is -0.980. The Morgan fingerprint density at radius 1 is 1.05 bits per heavy atom. The molecule has 0 bridgehead atoms. The molecule has 3 N–H and O–H groups in total. The predicted octanol–water partition coefficient (Wildman–Crippen LogP) is -0.0805. The first kappa shape index (κ1) is 16.4. The van der Waals surface area contributed by atoms with Crippen LogP contribution in [-0.4, -0.2) is 79.0 Å². The normalized spacial score (nSPS) is 18.0. The maximum atomic E-state index is 9.32. The average Bonchev–Trinajstić information content (AvgIpc) is 2.54. The molecule has 0 aromatic heterocycles. The molecule has 0 spiro atoms. The molecular weight excluding hydrogens is 266 g/mol. The second-order valence-corrected chi connectivity index (χ2v) is 5.46. The summed E-state index contributed by atoms with van der Waals surface area (Å²) in [6, 6.07) is 10.6. The van der Waals surface area contributed by atoms with Crippen LogP contribution in [0.4, 0.5) is 0 Å². The van der Waals surface area contributed by atoms with E-state index >= 15 is 0 Å². The fourth-order valence-electron chi connectivity index (χ4n) is 2.93. The molecule has 5 nitrogen and oxygen atoms in total. The summed E-state index contributed by atoms with van der Waals surface area (Å²) in [7, 11) is 0. The first-order chi connectivity index (χ1) is 10.3. The van der Waals surface area contributed by atoms with E-state index in [-0.39, 0.29) is 19.3 Å². The summed E-state index contributed by atoms with van der Waals surface area (Å²) in [4.78, 5) is 4.63. The number of piperazine rings is 1. The first-order valence-corrected chi connectivity index (χ1v) is 7.79. The monoisotopic (exact) mass is 293 g/mol. The SMILES string of the molecule is OCCN(CCO)C(CN1CCNCC1)c1ccccc1. The molecule has 1 fully saturated rings. The minimum absolute atomic E-state index is 0.116. The molecule has 2 rings (SSSR count). The van der Waals surface area contributed by atoms with E-state index in [1.807, 2.05) is 6.07 Å². The Bertz CT molecular complexity index is 376. The summed E-state index contributed by atoms with van der Waals surface area (Å²) >= 11 is 0. The van der Waals surface area contributed by atoms with Crippen LogP contribution in [0, 0.1) is 0 Å². The molecule has 1 aromatic rings. The molecular formula is C16H27N3O2. The summed E-state index contributed by atoms with van der Waals surface area (Å²) in [5, 5.41) is 22.0. The quantitative estimate of drug-likeness (QED) is 0.626. The van der Waals surface area contributed by atoms with Gasteiger partial charge < -0.3 is 15.5 Å². The van der Waals surface area contributed by atoms with Gasteiger partial charge in [-0.25, -0.2) is 0 Å². The van der Waals surface area contributed by atoms with Crippen LogP contribution in [0.3, 0.4) is 0 Å². The van der Waals surface area contributed by atoms with Crippen LogP contribution < -0.4 is 5.32 Å². The number of hydrogen-bond acceptors (Lipinski definition) is 5. The Labute approximate surface area is 127 Å². The molecule has 21 heavy (non-hydrogen) atoms. The van der Waals surface area contributed by atoms with Crippen molar-refractivity contribution < 1.29 is 10.2 Å². The Balaban J connectivity index is 2.11. The van der Waals surface area contributed by atoms with Crippen molar-refractivity contribution in [3.8, 4) is 0 Å². The lowest BCUT2D eigenvalue weighted by Crippen LogP contribution is -2.48. The van der Waals surface area contributed by atoms with E-state index in [9.17, 15) is 10.2 Å². The zero-order valence-electron chi connectivity index (χ0n) is 12.6. The smallest absolute Gasteiger partial charge is 0.0558 e. The maximum absolute atomic E-state index is 9.32. The van der Waals surface area contributed by atoms with Gasteiger partial charge >= 0.3 is 0 Å². The third-order valence-corrected chi connectivity index (χ3v) is 4.04. The van der Waals surface area contributed by atoms with Crippen molar-refractivity contribution in [2.45, 2.75) is 6.04 Å². The molecule has 1 saturated heterocycles. The van der Waals surface area contributed by atoms with Crippen molar-refractivity contribution in [2.75, 3.05) is 59.0 Å². The van der Waals surface area contributed by atoms with Crippen LogP contribution in [0.15, 0.2) is 30.3 Å². The van der Waals surface area contributed by atoms with E-state index in [0.717, 1.165) is 32.7 Å². The van der Waals surface area contributed by atoms with Crippen molar-refractivity contribution in [1.82, 2.24) is 15.1 Å². The van der Waals surface area contributed by atoms with Gasteiger partial charge in [-0.15, -0.1) is 0 Å². The van der Waals surface area contributed by atoms with Gasteiger partial charge in [0.25, 0.3) is 0 Å². The molecule has 0 aliphatic carbocycles. The summed E-state index contributed by atoms with van der Waals surface area (Å²) in [6.45, 7) is 6.51. The number of benzene rings is 1. The highest BCUT2D eigenvalue weighted by molar-refractivity contribution is 5.19. The minimum atomic E-state index is 0.116.